The van der Waals surface area contributed by atoms with Crippen LogP contribution < -0.4 is 15.8 Å². The van der Waals surface area contributed by atoms with Crippen molar-refractivity contribution in [3.05, 3.63) is 18.2 Å². The van der Waals surface area contributed by atoms with Gasteiger partial charge in [0.05, 0.1) is 12.3 Å². The van der Waals surface area contributed by atoms with E-state index in [0.717, 1.165) is 18.5 Å². The number of nitrogens with one attached hydrogen (secondary N) is 1. The van der Waals surface area contributed by atoms with E-state index in [1.165, 1.54) is 0 Å². The van der Waals surface area contributed by atoms with E-state index in [4.69, 9.17) is 15.6 Å². The largest absolute Gasteiger partial charge is 0.491 e. The van der Waals surface area contributed by atoms with Gasteiger partial charge in [0.25, 0.3) is 0 Å². The number of anilines is 2. The average Bonchev–Trinajstić information content (AvgIpc) is 2.39. The van der Waals surface area contributed by atoms with Gasteiger partial charge in [-0.15, -0.1) is 0 Å². The Labute approximate surface area is 116 Å². The first-order chi connectivity index (χ1) is 9.04. The third-order valence-electron chi connectivity index (χ3n) is 3.37. The Morgan fingerprint density at radius 2 is 2.11 bits per heavy atom. The number of rotatable bonds is 8. The fourth-order valence-electron chi connectivity index (χ4n) is 1.87. The zero-order valence-electron chi connectivity index (χ0n) is 12.2. The molecule has 1 aromatic rings. The molecule has 0 heterocycles. The average molecular weight is 266 g/mol. The molecule has 19 heavy (non-hydrogen) atoms. The van der Waals surface area contributed by atoms with E-state index in [9.17, 15) is 0 Å². The summed E-state index contributed by atoms with van der Waals surface area (Å²) < 4.78 is 5.62. The van der Waals surface area contributed by atoms with E-state index in [2.05, 4.69) is 26.1 Å². The molecule has 0 aromatic heterocycles. The smallest absolute Gasteiger partial charge is 0.144 e. The van der Waals surface area contributed by atoms with Crippen LogP contribution in [0.1, 0.15) is 40.0 Å². The molecular formula is C15H26N2O2. The molecule has 1 unspecified atom stereocenters. The molecule has 0 spiro atoms. The molecule has 4 nitrogen and oxygen atoms in total. The topological polar surface area (TPSA) is 67.5 Å². The number of hydrogen-bond donors (Lipinski definition) is 3. The second kappa shape index (κ2) is 7.24. The summed E-state index contributed by atoms with van der Waals surface area (Å²) >= 11 is 0. The van der Waals surface area contributed by atoms with E-state index in [-0.39, 0.29) is 12.1 Å². The molecule has 0 fully saturated rings. The highest BCUT2D eigenvalue weighted by Gasteiger charge is 2.21. The zero-order valence-corrected chi connectivity index (χ0v) is 12.2. The van der Waals surface area contributed by atoms with Crippen LogP contribution in [0.2, 0.25) is 0 Å². The van der Waals surface area contributed by atoms with E-state index in [0.29, 0.717) is 24.5 Å². The van der Waals surface area contributed by atoms with Crippen LogP contribution in [0, 0.1) is 0 Å². The van der Waals surface area contributed by atoms with Crippen LogP contribution in [0.4, 0.5) is 11.4 Å². The van der Waals surface area contributed by atoms with Crippen molar-refractivity contribution in [2.45, 2.75) is 45.6 Å². The van der Waals surface area contributed by atoms with Crippen LogP contribution in [-0.4, -0.2) is 23.9 Å². The molecule has 1 atom stereocenters. The Morgan fingerprint density at radius 3 is 2.68 bits per heavy atom. The minimum atomic E-state index is -0.118. The fraction of sp³-hybridized carbons (Fsp3) is 0.600. The molecule has 1 aromatic carbocycles. The van der Waals surface area contributed by atoms with Crippen LogP contribution >= 0.6 is 0 Å². The van der Waals surface area contributed by atoms with Crippen molar-refractivity contribution in [1.82, 2.24) is 0 Å². The van der Waals surface area contributed by atoms with Crippen LogP contribution in [0.25, 0.3) is 0 Å². The number of ether oxygens (including phenoxy) is 1. The highest BCUT2D eigenvalue weighted by Crippen LogP contribution is 2.29. The van der Waals surface area contributed by atoms with Gasteiger partial charge >= 0.3 is 0 Å². The maximum atomic E-state index is 9.14. The number of nitrogens with two attached hydrogens (primary N) is 1. The summed E-state index contributed by atoms with van der Waals surface area (Å²) in [5.41, 5.74) is 7.40. The van der Waals surface area contributed by atoms with Gasteiger partial charge in [-0.1, -0.05) is 13.8 Å². The molecule has 0 saturated carbocycles. The summed E-state index contributed by atoms with van der Waals surface area (Å²) in [6, 6.07) is 5.72. The monoisotopic (exact) mass is 266 g/mol. The van der Waals surface area contributed by atoms with Crippen LogP contribution in [-0.2, 0) is 0 Å². The first-order valence-corrected chi connectivity index (χ1v) is 6.96. The Bertz CT molecular complexity index is 396. The number of benzene rings is 1. The van der Waals surface area contributed by atoms with Gasteiger partial charge in [0.2, 0.25) is 0 Å². The molecule has 108 valence electrons. The van der Waals surface area contributed by atoms with Gasteiger partial charge in [0, 0.05) is 23.9 Å². The van der Waals surface area contributed by atoms with Crippen molar-refractivity contribution < 1.29 is 9.84 Å². The van der Waals surface area contributed by atoms with Crippen molar-refractivity contribution >= 4 is 11.4 Å². The third kappa shape index (κ3) is 4.63. The minimum Gasteiger partial charge on any atom is -0.491 e. The molecule has 0 amide bonds. The second-order valence-electron chi connectivity index (χ2n) is 5.11. The predicted molar refractivity (Wildman–Crippen MR) is 80.7 cm³/mol. The Morgan fingerprint density at radius 1 is 1.37 bits per heavy atom. The SMILES string of the molecule is CCCOc1cc(NC(C)(CC)CCO)ccc1N. The summed E-state index contributed by atoms with van der Waals surface area (Å²) in [5, 5.41) is 12.6. The Kier molecular flexibility index (Phi) is 5.96. The Balaban J connectivity index is 2.83. The van der Waals surface area contributed by atoms with Gasteiger partial charge < -0.3 is 20.9 Å². The summed E-state index contributed by atoms with van der Waals surface area (Å²) in [6.45, 7) is 7.11. The Hall–Kier alpha value is -1.42. The number of aliphatic hydroxyl groups is 1. The maximum absolute atomic E-state index is 9.14. The summed E-state index contributed by atoms with van der Waals surface area (Å²) in [4.78, 5) is 0. The lowest BCUT2D eigenvalue weighted by Gasteiger charge is -2.30. The minimum absolute atomic E-state index is 0.118. The second-order valence-corrected chi connectivity index (χ2v) is 5.11. The van der Waals surface area contributed by atoms with E-state index in [1.807, 2.05) is 18.2 Å². The van der Waals surface area contributed by atoms with E-state index in [1.54, 1.807) is 0 Å². The third-order valence-corrected chi connectivity index (χ3v) is 3.37. The van der Waals surface area contributed by atoms with Gasteiger partial charge in [0.15, 0.2) is 0 Å². The lowest BCUT2D eigenvalue weighted by molar-refractivity contribution is 0.252. The molecule has 0 saturated heterocycles. The van der Waals surface area contributed by atoms with E-state index < -0.39 is 0 Å². The lowest BCUT2D eigenvalue weighted by atomic mass is 9.94. The molecule has 0 aliphatic carbocycles. The quantitative estimate of drug-likeness (QED) is 0.633. The lowest BCUT2D eigenvalue weighted by Crippen LogP contribution is -2.35. The van der Waals surface area contributed by atoms with Crippen molar-refractivity contribution in [2.24, 2.45) is 0 Å². The molecule has 0 aliphatic rings. The summed E-state index contributed by atoms with van der Waals surface area (Å²) in [5.74, 6) is 0.717. The first kappa shape index (κ1) is 15.6. The molecule has 4 N–H and O–H groups in total. The summed E-state index contributed by atoms with van der Waals surface area (Å²) in [7, 11) is 0. The maximum Gasteiger partial charge on any atom is 0.144 e. The van der Waals surface area contributed by atoms with Gasteiger partial charge in [-0.3, -0.25) is 0 Å². The first-order valence-electron chi connectivity index (χ1n) is 6.96. The number of aliphatic hydroxyl groups excluding tert-OH is 1. The predicted octanol–water partition coefficient (Wildman–Crippen LogP) is 3.02. The fourth-order valence-corrected chi connectivity index (χ4v) is 1.87. The molecule has 0 radical (unpaired) electrons. The standard InChI is InChI=1S/C15H26N2O2/c1-4-10-19-14-11-12(6-7-13(14)16)17-15(3,5-2)8-9-18/h6-7,11,17-18H,4-5,8-10,16H2,1-3H3. The summed E-state index contributed by atoms with van der Waals surface area (Å²) in [6.07, 6.45) is 2.59. The number of nitrogen functional groups attached to an aromatic ring is 1. The van der Waals surface area contributed by atoms with Crippen LogP contribution in [0.5, 0.6) is 5.75 Å². The van der Waals surface area contributed by atoms with Crippen molar-refractivity contribution in [3.63, 3.8) is 0 Å². The molecule has 0 aliphatic heterocycles. The van der Waals surface area contributed by atoms with Crippen molar-refractivity contribution in [3.8, 4) is 5.75 Å². The van der Waals surface area contributed by atoms with Gasteiger partial charge in [-0.05, 0) is 38.3 Å². The van der Waals surface area contributed by atoms with Gasteiger partial charge in [0.1, 0.15) is 5.75 Å². The highest BCUT2D eigenvalue weighted by molar-refractivity contribution is 5.62. The van der Waals surface area contributed by atoms with Crippen LogP contribution in [0.15, 0.2) is 18.2 Å². The molecule has 1 rings (SSSR count). The van der Waals surface area contributed by atoms with Crippen LogP contribution in [0.3, 0.4) is 0 Å². The van der Waals surface area contributed by atoms with E-state index >= 15 is 0 Å². The highest BCUT2D eigenvalue weighted by atomic mass is 16.5. The molecule has 4 heteroatoms. The molecule has 0 bridgehead atoms. The normalized spacial score (nSPS) is 13.9. The zero-order chi connectivity index (χ0) is 14.3. The van der Waals surface area contributed by atoms with Gasteiger partial charge in [-0.2, -0.15) is 0 Å². The molecular weight excluding hydrogens is 240 g/mol. The van der Waals surface area contributed by atoms with Crippen molar-refractivity contribution in [1.29, 1.82) is 0 Å². The van der Waals surface area contributed by atoms with Gasteiger partial charge in [-0.25, -0.2) is 0 Å². The number of hydrogen-bond acceptors (Lipinski definition) is 4. The van der Waals surface area contributed by atoms with Crippen molar-refractivity contribution in [2.75, 3.05) is 24.3 Å².